The predicted octanol–water partition coefficient (Wildman–Crippen LogP) is 1.63. The summed E-state index contributed by atoms with van der Waals surface area (Å²) >= 11 is 0. The van der Waals surface area contributed by atoms with Crippen LogP contribution in [0.15, 0.2) is 29.3 Å². The standard InChI is InChI=1S/C20H32N4O/c1-21-19(24-10-9-16(13-24)14-25-4)22-15-20(23(2)3)11-17-7-5-6-8-18(17)12-20/h5-8,16H,9-15H2,1-4H3,(H,21,22). The molecule has 1 saturated heterocycles. The summed E-state index contributed by atoms with van der Waals surface area (Å²) in [5.74, 6) is 1.64. The number of aliphatic imine (C=N–C) groups is 1. The molecule has 0 saturated carbocycles. The van der Waals surface area contributed by atoms with E-state index in [9.17, 15) is 0 Å². The lowest BCUT2D eigenvalue weighted by atomic mass is 9.94. The number of hydrogen-bond acceptors (Lipinski definition) is 3. The summed E-state index contributed by atoms with van der Waals surface area (Å²) in [6.07, 6.45) is 3.36. The van der Waals surface area contributed by atoms with E-state index in [0.717, 1.165) is 45.0 Å². The summed E-state index contributed by atoms with van der Waals surface area (Å²) in [6, 6.07) is 8.84. The average Bonchev–Trinajstić information content (AvgIpc) is 3.21. The van der Waals surface area contributed by atoms with Crippen LogP contribution >= 0.6 is 0 Å². The van der Waals surface area contributed by atoms with Gasteiger partial charge in [-0.1, -0.05) is 24.3 Å². The molecule has 5 heteroatoms. The lowest BCUT2D eigenvalue weighted by molar-refractivity contribution is 0.156. The molecule has 5 nitrogen and oxygen atoms in total. The number of nitrogens with one attached hydrogen (secondary N) is 1. The van der Waals surface area contributed by atoms with Crippen LogP contribution < -0.4 is 5.32 Å². The second-order valence-corrected chi connectivity index (χ2v) is 7.70. The highest BCUT2D eigenvalue weighted by Gasteiger charge is 2.39. The van der Waals surface area contributed by atoms with Gasteiger partial charge in [-0.3, -0.25) is 4.99 Å². The lowest BCUT2D eigenvalue weighted by Crippen LogP contribution is -2.55. The number of methoxy groups -OCH3 is 1. The third kappa shape index (κ3) is 3.82. The van der Waals surface area contributed by atoms with Crippen LogP contribution in [0.3, 0.4) is 0 Å². The van der Waals surface area contributed by atoms with E-state index in [0.29, 0.717) is 5.92 Å². The second kappa shape index (κ2) is 7.75. The molecule has 1 aromatic carbocycles. The Kier molecular flexibility index (Phi) is 5.64. The first-order valence-corrected chi connectivity index (χ1v) is 9.27. The van der Waals surface area contributed by atoms with Gasteiger partial charge in [0.15, 0.2) is 5.96 Å². The summed E-state index contributed by atoms with van der Waals surface area (Å²) < 4.78 is 5.32. The number of fused-ring (bicyclic) bond motifs is 1. The molecule has 1 N–H and O–H groups in total. The predicted molar refractivity (Wildman–Crippen MR) is 103 cm³/mol. The van der Waals surface area contributed by atoms with E-state index in [1.807, 2.05) is 7.05 Å². The Morgan fingerprint density at radius 3 is 2.56 bits per heavy atom. The molecule has 2 aliphatic rings. The molecular formula is C20H32N4O. The number of guanidine groups is 1. The van der Waals surface area contributed by atoms with Crippen molar-refractivity contribution in [1.82, 2.24) is 15.1 Å². The molecule has 138 valence electrons. The van der Waals surface area contributed by atoms with Gasteiger partial charge in [-0.2, -0.15) is 0 Å². The van der Waals surface area contributed by atoms with Crippen molar-refractivity contribution in [3.63, 3.8) is 0 Å². The number of rotatable bonds is 5. The van der Waals surface area contributed by atoms with Crippen LogP contribution in [0.25, 0.3) is 0 Å². The highest BCUT2D eigenvalue weighted by Crippen LogP contribution is 2.33. The van der Waals surface area contributed by atoms with Crippen LogP contribution in [-0.4, -0.2) is 75.8 Å². The summed E-state index contributed by atoms with van der Waals surface area (Å²) in [5.41, 5.74) is 3.08. The van der Waals surface area contributed by atoms with E-state index in [-0.39, 0.29) is 5.54 Å². The minimum absolute atomic E-state index is 0.116. The number of hydrogen-bond donors (Lipinski definition) is 1. The average molecular weight is 345 g/mol. The maximum Gasteiger partial charge on any atom is 0.193 e. The zero-order valence-electron chi connectivity index (χ0n) is 16.1. The Labute approximate surface area is 152 Å². The van der Waals surface area contributed by atoms with Crippen molar-refractivity contribution in [2.24, 2.45) is 10.9 Å². The van der Waals surface area contributed by atoms with Crippen molar-refractivity contribution in [2.75, 3.05) is 54.5 Å². The van der Waals surface area contributed by atoms with Gasteiger partial charge in [0, 0.05) is 45.2 Å². The Morgan fingerprint density at radius 1 is 1.32 bits per heavy atom. The van der Waals surface area contributed by atoms with E-state index >= 15 is 0 Å². The molecule has 1 aromatic rings. The van der Waals surface area contributed by atoms with Gasteiger partial charge in [-0.05, 0) is 44.5 Å². The topological polar surface area (TPSA) is 40.1 Å². The molecule has 1 atom stereocenters. The zero-order chi connectivity index (χ0) is 17.9. The molecule has 3 rings (SSSR count). The monoisotopic (exact) mass is 344 g/mol. The van der Waals surface area contributed by atoms with Gasteiger partial charge in [0.05, 0.1) is 6.61 Å². The molecule has 0 aromatic heterocycles. The van der Waals surface area contributed by atoms with Gasteiger partial charge in [0.2, 0.25) is 0 Å². The first-order chi connectivity index (χ1) is 12.1. The van der Waals surface area contributed by atoms with Gasteiger partial charge in [0.25, 0.3) is 0 Å². The van der Waals surface area contributed by atoms with Gasteiger partial charge < -0.3 is 19.9 Å². The number of benzene rings is 1. The van der Waals surface area contributed by atoms with Crippen LogP contribution in [0.5, 0.6) is 0 Å². The quantitative estimate of drug-likeness (QED) is 0.651. The molecule has 1 aliphatic heterocycles. The fourth-order valence-corrected chi connectivity index (χ4v) is 4.25. The molecule has 0 radical (unpaired) electrons. The van der Waals surface area contributed by atoms with E-state index in [2.05, 4.69) is 58.5 Å². The normalized spacial score (nSPS) is 22.5. The van der Waals surface area contributed by atoms with Gasteiger partial charge >= 0.3 is 0 Å². The number of likely N-dealkylation sites (tertiary alicyclic amines) is 1. The molecule has 0 spiro atoms. The first kappa shape index (κ1) is 18.2. The minimum atomic E-state index is 0.116. The van der Waals surface area contributed by atoms with Crippen molar-refractivity contribution >= 4 is 5.96 Å². The molecule has 1 unspecified atom stereocenters. The van der Waals surface area contributed by atoms with Gasteiger partial charge in [-0.25, -0.2) is 0 Å². The van der Waals surface area contributed by atoms with Crippen LogP contribution in [-0.2, 0) is 17.6 Å². The maximum absolute atomic E-state index is 5.32. The lowest BCUT2D eigenvalue weighted by Gasteiger charge is -2.37. The Bertz CT molecular complexity index is 588. The van der Waals surface area contributed by atoms with Gasteiger partial charge in [0.1, 0.15) is 0 Å². The molecule has 0 amide bonds. The van der Waals surface area contributed by atoms with E-state index in [1.165, 1.54) is 17.5 Å². The van der Waals surface area contributed by atoms with Gasteiger partial charge in [-0.15, -0.1) is 0 Å². The Morgan fingerprint density at radius 2 is 2.00 bits per heavy atom. The number of ether oxygens (including phenoxy) is 1. The van der Waals surface area contributed by atoms with Crippen molar-refractivity contribution < 1.29 is 4.74 Å². The zero-order valence-corrected chi connectivity index (χ0v) is 16.1. The van der Waals surface area contributed by atoms with Crippen molar-refractivity contribution in [3.8, 4) is 0 Å². The van der Waals surface area contributed by atoms with E-state index in [4.69, 9.17) is 4.74 Å². The van der Waals surface area contributed by atoms with Crippen molar-refractivity contribution in [3.05, 3.63) is 35.4 Å². The molecule has 25 heavy (non-hydrogen) atoms. The molecule has 0 bridgehead atoms. The Hall–Kier alpha value is -1.59. The van der Waals surface area contributed by atoms with E-state index < -0.39 is 0 Å². The maximum atomic E-state index is 5.32. The highest BCUT2D eigenvalue weighted by molar-refractivity contribution is 5.80. The fraction of sp³-hybridized carbons (Fsp3) is 0.650. The van der Waals surface area contributed by atoms with Crippen molar-refractivity contribution in [2.45, 2.75) is 24.8 Å². The number of nitrogens with zero attached hydrogens (tertiary/aromatic N) is 3. The Balaban J connectivity index is 1.64. The molecular weight excluding hydrogens is 312 g/mol. The van der Waals surface area contributed by atoms with Crippen molar-refractivity contribution in [1.29, 1.82) is 0 Å². The summed E-state index contributed by atoms with van der Waals surface area (Å²) in [6.45, 7) is 3.84. The third-order valence-electron chi connectivity index (χ3n) is 5.88. The minimum Gasteiger partial charge on any atom is -0.384 e. The number of likely N-dealkylation sites (N-methyl/N-ethyl adjacent to an activating group) is 1. The SMILES string of the molecule is CN=C(NCC1(N(C)C)Cc2ccccc2C1)N1CCC(COC)C1. The smallest absolute Gasteiger partial charge is 0.193 e. The molecule has 1 aliphatic carbocycles. The van der Waals surface area contributed by atoms with Crippen LogP contribution in [0.2, 0.25) is 0 Å². The molecule has 1 fully saturated rings. The summed E-state index contributed by atoms with van der Waals surface area (Å²) in [4.78, 5) is 9.29. The van der Waals surface area contributed by atoms with Crippen LogP contribution in [0.4, 0.5) is 0 Å². The van der Waals surface area contributed by atoms with Crippen LogP contribution in [0.1, 0.15) is 17.5 Å². The molecule has 1 heterocycles. The second-order valence-electron chi connectivity index (χ2n) is 7.70. The van der Waals surface area contributed by atoms with E-state index in [1.54, 1.807) is 7.11 Å². The fourth-order valence-electron chi connectivity index (χ4n) is 4.25. The highest BCUT2D eigenvalue weighted by atomic mass is 16.5. The summed E-state index contributed by atoms with van der Waals surface area (Å²) in [5, 5.41) is 3.67. The summed E-state index contributed by atoms with van der Waals surface area (Å²) in [7, 11) is 8.06. The van der Waals surface area contributed by atoms with Crippen LogP contribution in [0, 0.1) is 5.92 Å². The largest absolute Gasteiger partial charge is 0.384 e. The third-order valence-corrected chi connectivity index (χ3v) is 5.88. The first-order valence-electron chi connectivity index (χ1n) is 9.27.